The fraction of sp³-hybridized carbons (Fsp3) is 0.231. The number of fused-ring (bicyclic) bond motifs is 1. The summed E-state index contributed by atoms with van der Waals surface area (Å²) in [6.07, 6.45) is 3.28. The van der Waals surface area contributed by atoms with Crippen molar-refractivity contribution in [3.05, 3.63) is 77.7 Å². The smallest absolute Gasteiger partial charge is 0.340 e. The van der Waals surface area contributed by atoms with Crippen LogP contribution in [0.1, 0.15) is 28.5 Å². The Labute approximate surface area is 216 Å². The van der Waals surface area contributed by atoms with Gasteiger partial charge in [-0.2, -0.15) is 0 Å². The standard InChI is InChI=1S/C26H27N3O5S.ClH/c1-4-34-26(31)24-22(16-35(32,33)18-10-6-5-7-11-18)29(3)21-13-19(17-9-8-12-28-14-17)25(30)20(15-27-2)23(21)24;/h5-14,27,30H,4,15-16H2,1-3H3;1H. The summed E-state index contributed by atoms with van der Waals surface area (Å²) in [4.78, 5) is 17.5. The third-order valence-electron chi connectivity index (χ3n) is 5.92. The molecule has 2 N–H and O–H groups in total. The van der Waals surface area contributed by atoms with Crippen LogP contribution >= 0.6 is 12.4 Å². The Hall–Kier alpha value is -3.40. The van der Waals surface area contributed by atoms with E-state index in [0.29, 0.717) is 33.3 Å². The molecule has 0 aliphatic heterocycles. The molecular weight excluding hydrogens is 502 g/mol. The van der Waals surface area contributed by atoms with Gasteiger partial charge >= 0.3 is 5.97 Å². The van der Waals surface area contributed by atoms with Gasteiger partial charge in [0.1, 0.15) is 5.75 Å². The lowest BCUT2D eigenvalue weighted by atomic mass is 9.97. The predicted octanol–water partition coefficient (Wildman–Crippen LogP) is 4.24. The Morgan fingerprint density at radius 3 is 2.50 bits per heavy atom. The number of phenolic OH excluding ortho intramolecular Hbond substituents is 1. The van der Waals surface area contributed by atoms with E-state index in [4.69, 9.17) is 4.74 Å². The molecule has 0 aliphatic carbocycles. The van der Waals surface area contributed by atoms with Crippen molar-refractivity contribution in [2.75, 3.05) is 13.7 Å². The van der Waals surface area contributed by atoms with Crippen LogP contribution < -0.4 is 5.32 Å². The maximum absolute atomic E-state index is 13.3. The summed E-state index contributed by atoms with van der Waals surface area (Å²) in [6, 6.07) is 13.5. The zero-order valence-electron chi connectivity index (χ0n) is 20.2. The number of aromatic hydroxyl groups is 1. The van der Waals surface area contributed by atoms with Gasteiger partial charge in [0.15, 0.2) is 9.84 Å². The Balaban J connectivity index is 0.00000361. The van der Waals surface area contributed by atoms with Gasteiger partial charge in [-0.15, -0.1) is 12.4 Å². The van der Waals surface area contributed by atoms with E-state index in [2.05, 4.69) is 10.3 Å². The second-order valence-corrected chi connectivity index (χ2v) is 10.1. The quantitative estimate of drug-likeness (QED) is 0.328. The molecule has 8 nitrogen and oxygen atoms in total. The summed E-state index contributed by atoms with van der Waals surface area (Å²) >= 11 is 0. The minimum absolute atomic E-state index is 0. The molecule has 4 aromatic rings. The number of pyridine rings is 1. The van der Waals surface area contributed by atoms with Crippen molar-refractivity contribution in [3.8, 4) is 16.9 Å². The van der Waals surface area contributed by atoms with Gasteiger partial charge in [0.25, 0.3) is 0 Å². The number of hydrogen-bond acceptors (Lipinski definition) is 7. The van der Waals surface area contributed by atoms with Crippen LogP contribution in [-0.2, 0) is 33.9 Å². The molecule has 0 bridgehead atoms. The number of ether oxygens (including phenoxy) is 1. The van der Waals surface area contributed by atoms with Gasteiger partial charge in [-0.3, -0.25) is 4.98 Å². The number of halogens is 1. The fourth-order valence-electron chi connectivity index (χ4n) is 4.29. The number of sulfone groups is 1. The average Bonchev–Trinajstić information content (AvgIpc) is 3.12. The number of rotatable bonds is 8. The number of esters is 1. The summed E-state index contributed by atoms with van der Waals surface area (Å²) in [7, 11) is -0.320. The number of nitrogens with zero attached hydrogens (tertiary/aromatic N) is 2. The van der Waals surface area contributed by atoms with Crippen LogP contribution in [0.25, 0.3) is 22.0 Å². The second-order valence-electron chi connectivity index (χ2n) is 8.09. The first kappa shape index (κ1) is 27.2. The highest BCUT2D eigenvalue weighted by molar-refractivity contribution is 7.90. The van der Waals surface area contributed by atoms with Crippen molar-refractivity contribution >= 4 is 39.1 Å². The van der Waals surface area contributed by atoms with Gasteiger partial charge in [-0.25, -0.2) is 13.2 Å². The third-order valence-corrected chi connectivity index (χ3v) is 7.56. The molecule has 2 aromatic heterocycles. The van der Waals surface area contributed by atoms with E-state index in [-0.39, 0.29) is 41.8 Å². The molecule has 0 aliphatic rings. The van der Waals surface area contributed by atoms with Crippen LogP contribution in [0.4, 0.5) is 0 Å². The van der Waals surface area contributed by atoms with Crippen molar-refractivity contribution in [1.29, 1.82) is 0 Å². The van der Waals surface area contributed by atoms with Crippen molar-refractivity contribution < 1.29 is 23.1 Å². The van der Waals surface area contributed by atoms with E-state index < -0.39 is 21.6 Å². The number of nitrogens with one attached hydrogen (secondary N) is 1. The largest absolute Gasteiger partial charge is 0.507 e. The Kier molecular flexibility index (Phi) is 8.39. The van der Waals surface area contributed by atoms with Crippen LogP contribution in [-0.4, -0.2) is 42.7 Å². The predicted molar refractivity (Wildman–Crippen MR) is 141 cm³/mol. The van der Waals surface area contributed by atoms with Gasteiger partial charge in [0, 0.05) is 53.8 Å². The molecule has 0 spiro atoms. The summed E-state index contributed by atoms with van der Waals surface area (Å²) in [5.41, 5.74) is 2.74. The minimum Gasteiger partial charge on any atom is -0.507 e. The summed E-state index contributed by atoms with van der Waals surface area (Å²) in [6.45, 7) is 2.06. The lowest BCUT2D eigenvalue weighted by Crippen LogP contribution is -2.14. The van der Waals surface area contributed by atoms with Gasteiger partial charge in [0.2, 0.25) is 0 Å². The molecule has 0 amide bonds. The van der Waals surface area contributed by atoms with E-state index >= 15 is 0 Å². The maximum Gasteiger partial charge on any atom is 0.340 e. The molecule has 2 aromatic carbocycles. The van der Waals surface area contributed by atoms with E-state index in [9.17, 15) is 18.3 Å². The number of carbonyl (C=O) groups is 1. The molecule has 36 heavy (non-hydrogen) atoms. The van der Waals surface area contributed by atoms with Crippen molar-refractivity contribution in [1.82, 2.24) is 14.9 Å². The monoisotopic (exact) mass is 529 g/mol. The highest BCUT2D eigenvalue weighted by Gasteiger charge is 2.30. The van der Waals surface area contributed by atoms with Crippen molar-refractivity contribution in [2.24, 2.45) is 7.05 Å². The van der Waals surface area contributed by atoms with Gasteiger partial charge in [0.05, 0.1) is 28.3 Å². The molecule has 190 valence electrons. The van der Waals surface area contributed by atoms with E-state index in [0.717, 1.165) is 0 Å². The number of aryl methyl sites for hydroxylation is 1. The van der Waals surface area contributed by atoms with Gasteiger partial charge < -0.3 is 19.7 Å². The first-order valence-electron chi connectivity index (χ1n) is 11.2. The third kappa shape index (κ3) is 4.95. The van der Waals surface area contributed by atoms with Crippen LogP contribution in [0.5, 0.6) is 5.75 Å². The first-order chi connectivity index (χ1) is 16.8. The highest BCUT2D eigenvalue weighted by Crippen LogP contribution is 2.41. The molecule has 0 saturated heterocycles. The van der Waals surface area contributed by atoms with Crippen LogP contribution in [0.2, 0.25) is 0 Å². The zero-order valence-corrected chi connectivity index (χ0v) is 21.8. The lowest BCUT2D eigenvalue weighted by Gasteiger charge is -2.13. The minimum atomic E-state index is -3.77. The fourth-order valence-corrected chi connectivity index (χ4v) is 5.72. The summed E-state index contributed by atoms with van der Waals surface area (Å²) in [5, 5.41) is 14.8. The van der Waals surface area contributed by atoms with Crippen LogP contribution in [0, 0.1) is 0 Å². The van der Waals surface area contributed by atoms with Crippen molar-refractivity contribution in [3.63, 3.8) is 0 Å². The number of aromatic nitrogens is 2. The Bertz CT molecular complexity index is 1490. The topological polar surface area (TPSA) is 111 Å². The van der Waals surface area contributed by atoms with Gasteiger partial charge in [-0.05, 0) is 38.2 Å². The summed E-state index contributed by atoms with van der Waals surface area (Å²) in [5.74, 6) is -1.05. The normalized spacial score (nSPS) is 11.3. The zero-order chi connectivity index (χ0) is 25.2. The molecule has 10 heteroatoms. The molecule has 0 fully saturated rings. The molecule has 0 radical (unpaired) electrons. The average molecular weight is 530 g/mol. The van der Waals surface area contributed by atoms with E-state index in [1.165, 1.54) is 12.1 Å². The van der Waals surface area contributed by atoms with Crippen LogP contribution in [0.3, 0.4) is 0 Å². The van der Waals surface area contributed by atoms with E-state index in [1.54, 1.807) is 68.3 Å². The number of phenols is 1. The lowest BCUT2D eigenvalue weighted by molar-refractivity contribution is 0.0527. The second kappa shape index (κ2) is 11.1. The first-order valence-corrected chi connectivity index (χ1v) is 12.8. The molecule has 0 saturated carbocycles. The van der Waals surface area contributed by atoms with E-state index in [1.807, 2.05) is 6.07 Å². The number of benzene rings is 2. The number of hydrogen-bond donors (Lipinski definition) is 2. The Morgan fingerprint density at radius 1 is 1.17 bits per heavy atom. The van der Waals surface area contributed by atoms with Gasteiger partial charge in [-0.1, -0.05) is 24.3 Å². The molecule has 0 atom stereocenters. The molecule has 4 rings (SSSR count). The molecular formula is C26H28ClN3O5S. The van der Waals surface area contributed by atoms with Crippen molar-refractivity contribution in [2.45, 2.75) is 24.1 Å². The maximum atomic E-state index is 13.3. The Morgan fingerprint density at radius 2 is 1.89 bits per heavy atom. The molecule has 0 unspecified atom stereocenters. The summed E-state index contributed by atoms with van der Waals surface area (Å²) < 4.78 is 33.6. The van der Waals surface area contributed by atoms with Crippen LogP contribution in [0.15, 0.2) is 65.8 Å². The molecule has 2 heterocycles. The number of carbonyl (C=O) groups excluding carboxylic acids is 1. The highest BCUT2D eigenvalue weighted by atomic mass is 35.5. The SMILES string of the molecule is CCOC(=O)c1c(CS(=O)(=O)c2ccccc2)n(C)c2cc(-c3cccnc3)c(O)c(CNC)c12.Cl.